The van der Waals surface area contributed by atoms with Crippen molar-refractivity contribution in [1.29, 1.82) is 0 Å². The quantitative estimate of drug-likeness (QED) is 0.0850. The summed E-state index contributed by atoms with van der Waals surface area (Å²) in [5.74, 6) is 0.679. The molecule has 0 aromatic heterocycles. The van der Waals surface area contributed by atoms with Crippen molar-refractivity contribution in [1.82, 2.24) is 0 Å². The Morgan fingerprint density at radius 1 is 0.475 bits per heavy atom. The first kappa shape index (κ1) is 42.5. The van der Waals surface area contributed by atoms with Crippen LogP contribution in [0, 0.1) is 0 Å². The smallest absolute Gasteiger partial charge is 0.126 e. The lowest BCUT2D eigenvalue weighted by molar-refractivity contribution is 0.422. The molecule has 0 unspecified atom stereocenters. The molecule has 0 bridgehead atoms. The number of anilines is 7. The number of aromatic hydroxyl groups is 2. The van der Waals surface area contributed by atoms with Gasteiger partial charge in [-0.3, -0.25) is 0 Å². The van der Waals surface area contributed by atoms with Crippen LogP contribution in [-0.4, -0.2) is 10.2 Å². The van der Waals surface area contributed by atoms with E-state index in [2.05, 4.69) is 199 Å². The molecule has 5 N–H and O–H groups in total. The van der Waals surface area contributed by atoms with E-state index in [1.165, 1.54) is 0 Å². The van der Waals surface area contributed by atoms with E-state index < -0.39 is 0 Å². The van der Waals surface area contributed by atoms with Crippen molar-refractivity contribution in [3.05, 3.63) is 167 Å². The number of hydrogen-bond donors (Lipinski definition) is 5. The predicted molar refractivity (Wildman–Crippen MR) is 253 cm³/mol. The lowest BCUT2D eigenvalue weighted by Gasteiger charge is -2.31. The minimum atomic E-state index is -0.261. The van der Waals surface area contributed by atoms with E-state index in [1.807, 2.05) is 25.1 Å². The average molecular weight is 787 g/mol. The van der Waals surface area contributed by atoms with Crippen LogP contribution in [0.3, 0.4) is 0 Å². The molecule has 0 fully saturated rings. The molecule has 6 nitrogen and oxygen atoms in total. The molecule has 6 aromatic rings. The number of allylic oxidation sites excluding steroid dienone is 1. The number of para-hydroxylation sites is 1. The molecule has 0 spiro atoms. The second kappa shape index (κ2) is 17.0. The van der Waals surface area contributed by atoms with Crippen LogP contribution in [0.5, 0.6) is 11.5 Å². The number of benzene rings is 6. The maximum atomic E-state index is 11.5. The van der Waals surface area contributed by atoms with E-state index in [0.717, 1.165) is 78.8 Å². The van der Waals surface area contributed by atoms with Gasteiger partial charge in [0.2, 0.25) is 0 Å². The zero-order chi connectivity index (χ0) is 42.7. The van der Waals surface area contributed by atoms with E-state index in [4.69, 9.17) is 0 Å². The fraction of sp³-hybridized carbons (Fsp3) is 0.283. The molecule has 0 saturated carbocycles. The Morgan fingerprint density at radius 2 is 0.797 bits per heavy atom. The van der Waals surface area contributed by atoms with Gasteiger partial charge in [0.15, 0.2) is 0 Å². The number of rotatable bonds is 12. The van der Waals surface area contributed by atoms with Crippen LogP contribution in [0.15, 0.2) is 134 Å². The maximum Gasteiger partial charge on any atom is 0.126 e. The first-order valence-electron chi connectivity index (χ1n) is 20.5. The van der Waals surface area contributed by atoms with Crippen molar-refractivity contribution in [2.75, 3.05) is 20.9 Å². The highest BCUT2D eigenvalue weighted by atomic mass is 16.3. The van der Waals surface area contributed by atoms with Crippen LogP contribution in [0.2, 0.25) is 0 Å². The van der Waals surface area contributed by atoms with Crippen LogP contribution >= 0.6 is 0 Å². The molecule has 6 heteroatoms. The van der Waals surface area contributed by atoms with Crippen LogP contribution < -0.4 is 20.9 Å². The van der Waals surface area contributed by atoms with Crippen LogP contribution in [0.1, 0.15) is 103 Å². The van der Waals surface area contributed by atoms with Gasteiger partial charge in [0.1, 0.15) is 11.5 Å². The number of nitrogens with one attached hydrogen (secondary N) is 3. The number of nitrogens with zero attached hydrogens (tertiary/aromatic N) is 1. The summed E-state index contributed by atoms with van der Waals surface area (Å²) in [6, 6.07) is 43.9. The minimum absolute atomic E-state index is 0.243. The SMILES string of the molecule is C=C(C)c1cc(CN(Cc2cc(C(C)(C)C)c(O)c(C(C)(C)C)c2)c2ccc(Nc3ccc(Nc4ccc(Nc5ccccc5)cc4)cc3)cc2)cc(C(C)(C)C)c1O. The summed E-state index contributed by atoms with van der Waals surface area (Å²) in [6.07, 6.45) is 0. The molecule has 0 atom stereocenters. The second-order valence-electron chi connectivity index (χ2n) is 18.9. The third-order valence-corrected chi connectivity index (χ3v) is 10.6. The minimum Gasteiger partial charge on any atom is -0.507 e. The summed E-state index contributed by atoms with van der Waals surface area (Å²) in [6.45, 7) is 26.7. The molecule has 6 rings (SSSR count). The topological polar surface area (TPSA) is 79.8 Å². The van der Waals surface area contributed by atoms with Crippen LogP contribution in [-0.2, 0) is 29.3 Å². The van der Waals surface area contributed by atoms with Gasteiger partial charge in [-0.05, 0) is 160 Å². The molecule has 6 aromatic carbocycles. The van der Waals surface area contributed by atoms with Gasteiger partial charge in [-0.15, -0.1) is 0 Å². The molecule has 0 amide bonds. The number of phenolic OH excluding ortho intramolecular Hbond substituents is 2. The summed E-state index contributed by atoms with van der Waals surface area (Å²) >= 11 is 0. The molecule has 306 valence electrons. The largest absolute Gasteiger partial charge is 0.507 e. The van der Waals surface area contributed by atoms with Crippen molar-refractivity contribution in [3.63, 3.8) is 0 Å². The van der Waals surface area contributed by atoms with Gasteiger partial charge in [-0.2, -0.15) is 0 Å². The zero-order valence-corrected chi connectivity index (χ0v) is 36.6. The standard InChI is InChI=1S/C53H62N4O2/c1-35(2)45-29-36(30-46(49(45)58)51(3,4)5)33-57(34-37-31-47(52(6,7)8)50(59)48(32-37)53(9,10)11)44-27-25-43(26-28-44)56-42-23-21-41(22-24-42)55-40-19-17-39(18-20-40)54-38-15-13-12-14-16-38/h12-32,54-56,58-59H,1,33-34H2,2-11H3. The average Bonchev–Trinajstić information content (AvgIpc) is 3.16. The van der Waals surface area contributed by atoms with Crippen molar-refractivity contribution in [3.8, 4) is 11.5 Å². The Morgan fingerprint density at radius 3 is 1.15 bits per heavy atom. The number of phenols is 2. The highest BCUT2D eigenvalue weighted by Gasteiger charge is 2.28. The Bertz CT molecular complexity index is 2340. The Hall–Kier alpha value is -6.14. The summed E-state index contributed by atoms with van der Waals surface area (Å²) < 4.78 is 0. The summed E-state index contributed by atoms with van der Waals surface area (Å²) in [5.41, 5.74) is 13.0. The Kier molecular flexibility index (Phi) is 12.2. The van der Waals surface area contributed by atoms with Crippen molar-refractivity contribution < 1.29 is 10.2 Å². The zero-order valence-electron chi connectivity index (χ0n) is 36.6. The van der Waals surface area contributed by atoms with E-state index in [9.17, 15) is 10.2 Å². The molecule has 59 heavy (non-hydrogen) atoms. The monoisotopic (exact) mass is 786 g/mol. The predicted octanol–water partition coefficient (Wildman–Crippen LogP) is 14.5. The third-order valence-electron chi connectivity index (χ3n) is 10.6. The van der Waals surface area contributed by atoms with Gasteiger partial charge >= 0.3 is 0 Å². The molecular formula is C53H62N4O2. The lowest BCUT2D eigenvalue weighted by Crippen LogP contribution is -2.24. The van der Waals surface area contributed by atoms with Crippen LogP contribution in [0.4, 0.5) is 39.8 Å². The van der Waals surface area contributed by atoms with Gasteiger partial charge in [0.05, 0.1) is 0 Å². The first-order chi connectivity index (χ1) is 27.7. The van der Waals surface area contributed by atoms with E-state index in [-0.39, 0.29) is 16.2 Å². The first-order valence-corrected chi connectivity index (χ1v) is 20.5. The van der Waals surface area contributed by atoms with Crippen molar-refractivity contribution in [2.45, 2.75) is 98.6 Å². The molecule has 0 aliphatic rings. The van der Waals surface area contributed by atoms with Gasteiger partial charge in [-0.1, -0.05) is 87.1 Å². The molecule has 0 aliphatic heterocycles. The normalized spacial score (nSPS) is 11.9. The molecule has 0 saturated heterocycles. The molecule has 0 aliphatic carbocycles. The van der Waals surface area contributed by atoms with E-state index in [1.54, 1.807) is 0 Å². The number of hydrogen-bond acceptors (Lipinski definition) is 6. The van der Waals surface area contributed by atoms with Crippen molar-refractivity contribution in [2.24, 2.45) is 0 Å². The van der Waals surface area contributed by atoms with E-state index >= 15 is 0 Å². The third kappa shape index (κ3) is 10.7. The molecule has 0 heterocycles. The fourth-order valence-corrected chi connectivity index (χ4v) is 7.34. The second-order valence-corrected chi connectivity index (χ2v) is 18.9. The maximum absolute atomic E-state index is 11.5. The van der Waals surface area contributed by atoms with Gasteiger partial charge in [0.25, 0.3) is 0 Å². The Balaban J connectivity index is 1.25. The van der Waals surface area contributed by atoms with Crippen molar-refractivity contribution >= 4 is 45.4 Å². The summed E-state index contributed by atoms with van der Waals surface area (Å²) in [7, 11) is 0. The van der Waals surface area contributed by atoms with Gasteiger partial charge < -0.3 is 31.1 Å². The highest BCUT2D eigenvalue weighted by molar-refractivity contribution is 5.71. The molecular weight excluding hydrogens is 725 g/mol. The summed E-state index contributed by atoms with van der Waals surface area (Å²) in [4.78, 5) is 2.38. The fourth-order valence-electron chi connectivity index (χ4n) is 7.34. The summed E-state index contributed by atoms with van der Waals surface area (Å²) in [5, 5.41) is 33.3. The van der Waals surface area contributed by atoms with Crippen LogP contribution in [0.25, 0.3) is 5.57 Å². The van der Waals surface area contributed by atoms with Gasteiger partial charge in [0, 0.05) is 64.0 Å². The molecule has 0 radical (unpaired) electrons. The lowest BCUT2D eigenvalue weighted by atomic mass is 9.78. The van der Waals surface area contributed by atoms with E-state index in [0.29, 0.717) is 24.6 Å². The highest BCUT2D eigenvalue weighted by Crippen LogP contribution is 2.41. The Labute approximate surface area is 352 Å². The van der Waals surface area contributed by atoms with Gasteiger partial charge in [-0.25, -0.2) is 0 Å².